The van der Waals surface area contributed by atoms with Crippen LogP contribution in [0.5, 0.6) is 5.75 Å². The molecule has 0 aliphatic heterocycles. The molecule has 1 N–H and O–H groups in total. The molecule has 0 amide bonds. The third-order valence-electron chi connectivity index (χ3n) is 3.51. The molecule has 0 bridgehead atoms. The van der Waals surface area contributed by atoms with Gasteiger partial charge < -0.3 is 14.5 Å². The molecule has 0 radical (unpaired) electrons. The minimum Gasteiger partial charge on any atom is -0.497 e. The molecule has 0 fully saturated rings. The van der Waals surface area contributed by atoms with E-state index in [4.69, 9.17) is 9.15 Å². The number of hydrogen-bond acceptors (Lipinski definition) is 3. The predicted molar refractivity (Wildman–Crippen MR) is 81.2 cm³/mol. The maximum absolute atomic E-state index is 5.44. The quantitative estimate of drug-likeness (QED) is 0.831. The lowest BCUT2D eigenvalue weighted by Gasteiger charge is -2.18. The van der Waals surface area contributed by atoms with Crippen molar-refractivity contribution in [2.45, 2.75) is 32.7 Å². The summed E-state index contributed by atoms with van der Waals surface area (Å²) in [7, 11) is 1.69. The minimum atomic E-state index is 0.294. The largest absolute Gasteiger partial charge is 0.497 e. The van der Waals surface area contributed by atoms with Gasteiger partial charge in [0.1, 0.15) is 11.5 Å². The molecular formula is C17H23NO2. The van der Waals surface area contributed by atoms with E-state index in [1.165, 1.54) is 11.1 Å². The Balaban J connectivity index is 2.12. The van der Waals surface area contributed by atoms with Crippen LogP contribution in [0.1, 0.15) is 36.3 Å². The first-order valence-corrected chi connectivity index (χ1v) is 7.15. The zero-order valence-corrected chi connectivity index (χ0v) is 12.5. The summed E-state index contributed by atoms with van der Waals surface area (Å²) in [6.07, 6.45) is 3.83. The van der Waals surface area contributed by atoms with Crippen molar-refractivity contribution in [3.05, 3.63) is 53.5 Å². The third kappa shape index (κ3) is 3.64. The number of methoxy groups -OCH3 is 1. The average molecular weight is 273 g/mol. The van der Waals surface area contributed by atoms with Crippen LogP contribution < -0.4 is 10.1 Å². The smallest absolute Gasteiger partial charge is 0.118 e. The summed E-state index contributed by atoms with van der Waals surface area (Å²) in [4.78, 5) is 0. The molecule has 3 nitrogen and oxygen atoms in total. The summed E-state index contributed by atoms with van der Waals surface area (Å²) >= 11 is 0. The molecule has 0 spiro atoms. The van der Waals surface area contributed by atoms with Crippen LogP contribution in [0.25, 0.3) is 0 Å². The zero-order valence-electron chi connectivity index (χ0n) is 12.5. The maximum atomic E-state index is 5.44. The van der Waals surface area contributed by atoms with E-state index >= 15 is 0 Å². The first-order chi connectivity index (χ1) is 9.74. The molecule has 0 aliphatic rings. The standard InChI is InChI=1S/C17H23NO2/c1-4-10-18-17(16-9-11-20-13(16)2)12-14-5-7-15(19-3)8-6-14/h5-9,11,17-18H,4,10,12H2,1-3H3. The van der Waals surface area contributed by atoms with Gasteiger partial charge in [-0.15, -0.1) is 0 Å². The van der Waals surface area contributed by atoms with E-state index in [1.54, 1.807) is 13.4 Å². The van der Waals surface area contributed by atoms with Crippen LogP contribution in [0, 0.1) is 6.92 Å². The van der Waals surface area contributed by atoms with Gasteiger partial charge in [-0.2, -0.15) is 0 Å². The van der Waals surface area contributed by atoms with E-state index in [0.29, 0.717) is 6.04 Å². The Morgan fingerprint density at radius 2 is 1.95 bits per heavy atom. The summed E-state index contributed by atoms with van der Waals surface area (Å²) < 4.78 is 10.6. The number of rotatable bonds is 7. The molecule has 2 aromatic rings. The van der Waals surface area contributed by atoms with E-state index in [1.807, 2.05) is 19.1 Å². The molecule has 1 atom stereocenters. The number of hydrogen-bond donors (Lipinski definition) is 1. The predicted octanol–water partition coefficient (Wildman–Crippen LogP) is 3.88. The fourth-order valence-corrected chi connectivity index (χ4v) is 2.36. The van der Waals surface area contributed by atoms with Crippen molar-refractivity contribution in [2.24, 2.45) is 0 Å². The zero-order chi connectivity index (χ0) is 14.4. The molecule has 1 heterocycles. The van der Waals surface area contributed by atoms with Crippen LogP contribution >= 0.6 is 0 Å². The van der Waals surface area contributed by atoms with Crippen molar-refractivity contribution in [1.29, 1.82) is 0 Å². The number of nitrogens with one attached hydrogen (secondary N) is 1. The molecule has 0 saturated heterocycles. The molecule has 0 aliphatic carbocycles. The molecule has 0 saturated carbocycles. The van der Waals surface area contributed by atoms with E-state index in [-0.39, 0.29) is 0 Å². The molecule has 1 aromatic heterocycles. The van der Waals surface area contributed by atoms with Crippen molar-refractivity contribution in [3.8, 4) is 5.75 Å². The van der Waals surface area contributed by atoms with Crippen molar-refractivity contribution in [2.75, 3.05) is 13.7 Å². The van der Waals surface area contributed by atoms with Crippen LogP contribution in [0.15, 0.2) is 41.0 Å². The van der Waals surface area contributed by atoms with E-state index < -0.39 is 0 Å². The van der Waals surface area contributed by atoms with E-state index in [0.717, 1.165) is 30.9 Å². The summed E-state index contributed by atoms with van der Waals surface area (Å²) in [5.74, 6) is 1.89. The highest BCUT2D eigenvalue weighted by atomic mass is 16.5. The molecule has 108 valence electrons. The first-order valence-electron chi connectivity index (χ1n) is 7.15. The highest BCUT2D eigenvalue weighted by molar-refractivity contribution is 5.30. The van der Waals surface area contributed by atoms with Crippen molar-refractivity contribution < 1.29 is 9.15 Å². The second-order valence-corrected chi connectivity index (χ2v) is 4.99. The van der Waals surface area contributed by atoms with Crippen molar-refractivity contribution in [3.63, 3.8) is 0 Å². The fraction of sp³-hybridized carbons (Fsp3) is 0.412. The highest BCUT2D eigenvalue weighted by Crippen LogP contribution is 2.23. The van der Waals surface area contributed by atoms with Gasteiger partial charge in [-0.1, -0.05) is 19.1 Å². The molecule has 20 heavy (non-hydrogen) atoms. The van der Waals surface area contributed by atoms with Gasteiger partial charge in [-0.3, -0.25) is 0 Å². The maximum Gasteiger partial charge on any atom is 0.118 e. The second kappa shape index (κ2) is 7.15. The Labute approximate surface area is 121 Å². The monoisotopic (exact) mass is 273 g/mol. The van der Waals surface area contributed by atoms with Crippen LogP contribution in [-0.4, -0.2) is 13.7 Å². The van der Waals surface area contributed by atoms with Gasteiger partial charge in [0.2, 0.25) is 0 Å². The fourth-order valence-electron chi connectivity index (χ4n) is 2.36. The Morgan fingerprint density at radius 3 is 2.50 bits per heavy atom. The van der Waals surface area contributed by atoms with Gasteiger partial charge in [0, 0.05) is 11.6 Å². The lowest BCUT2D eigenvalue weighted by molar-refractivity contribution is 0.414. The van der Waals surface area contributed by atoms with Gasteiger partial charge in [-0.05, 0) is 50.1 Å². The average Bonchev–Trinajstić information content (AvgIpc) is 2.90. The van der Waals surface area contributed by atoms with Gasteiger partial charge in [0.15, 0.2) is 0 Å². The highest BCUT2D eigenvalue weighted by Gasteiger charge is 2.15. The van der Waals surface area contributed by atoms with Gasteiger partial charge in [0.25, 0.3) is 0 Å². The first kappa shape index (κ1) is 14.7. The molecule has 3 heteroatoms. The SMILES string of the molecule is CCCNC(Cc1ccc(OC)cc1)c1ccoc1C. The van der Waals surface area contributed by atoms with Gasteiger partial charge in [0.05, 0.1) is 13.4 Å². The summed E-state index contributed by atoms with van der Waals surface area (Å²) in [6, 6.07) is 10.6. The van der Waals surface area contributed by atoms with Crippen LogP contribution in [-0.2, 0) is 6.42 Å². The lowest BCUT2D eigenvalue weighted by atomic mass is 9.99. The molecular weight excluding hydrogens is 250 g/mol. The van der Waals surface area contributed by atoms with E-state index in [2.05, 4.69) is 30.4 Å². The number of furan rings is 1. The normalized spacial score (nSPS) is 12.3. The summed E-state index contributed by atoms with van der Waals surface area (Å²) in [5.41, 5.74) is 2.54. The third-order valence-corrected chi connectivity index (χ3v) is 3.51. The number of aryl methyl sites for hydroxylation is 1. The summed E-state index contributed by atoms with van der Waals surface area (Å²) in [5, 5.41) is 3.60. The molecule has 2 rings (SSSR count). The Morgan fingerprint density at radius 1 is 1.20 bits per heavy atom. The molecule has 1 unspecified atom stereocenters. The lowest BCUT2D eigenvalue weighted by Crippen LogP contribution is -2.24. The Hall–Kier alpha value is -1.74. The summed E-state index contributed by atoms with van der Waals surface area (Å²) in [6.45, 7) is 5.20. The van der Waals surface area contributed by atoms with Crippen LogP contribution in [0.4, 0.5) is 0 Å². The number of benzene rings is 1. The van der Waals surface area contributed by atoms with Gasteiger partial charge >= 0.3 is 0 Å². The topological polar surface area (TPSA) is 34.4 Å². The van der Waals surface area contributed by atoms with E-state index in [9.17, 15) is 0 Å². The van der Waals surface area contributed by atoms with Crippen LogP contribution in [0.2, 0.25) is 0 Å². The molecule has 1 aromatic carbocycles. The Bertz CT molecular complexity index is 516. The van der Waals surface area contributed by atoms with Crippen molar-refractivity contribution >= 4 is 0 Å². The minimum absolute atomic E-state index is 0.294. The second-order valence-electron chi connectivity index (χ2n) is 4.99. The van der Waals surface area contributed by atoms with Crippen molar-refractivity contribution in [1.82, 2.24) is 5.32 Å². The number of ether oxygens (including phenoxy) is 1. The van der Waals surface area contributed by atoms with Crippen LogP contribution in [0.3, 0.4) is 0 Å². The van der Waals surface area contributed by atoms with Gasteiger partial charge in [-0.25, -0.2) is 0 Å². The Kier molecular flexibility index (Phi) is 5.24.